The Labute approximate surface area is 102 Å². The fraction of sp³-hybridized carbons (Fsp3) is 0.250. The summed E-state index contributed by atoms with van der Waals surface area (Å²) in [6, 6.07) is 6.00. The van der Waals surface area contributed by atoms with Crippen molar-refractivity contribution in [3.8, 4) is 5.69 Å². The van der Waals surface area contributed by atoms with Crippen LogP contribution in [0.3, 0.4) is 0 Å². The summed E-state index contributed by atoms with van der Waals surface area (Å²) in [7, 11) is 0. The van der Waals surface area contributed by atoms with Gasteiger partial charge in [0.1, 0.15) is 5.82 Å². The molecular formula is C12H10ClFN2O. The molecule has 0 aliphatic heterocycles. The van der Waals surface area contributed by atoms with Gasteiger partial charge in [-0.1, -0.05) is 11.6 Å². The molecular weight excluding hydrogens is 243 g/mol. The molecule has 5 heteroatoms. The molecule has 0 atom stereocenters. The van der Waals surface area contributed by atoms with Gasteiger partial charge in [-0.2, -0.15) is 0 Å². The van der Waals surface area contributed by atoms with Crippen LogP contribution in [-0.4, -0.2) is 9.78 Å². The van der Waals surface area contributed by atoms with Gasteiger partial charge in [-0.05, 0) is 31.0 Å². The molecule has 0 spiro atoms. The number of aromatic amines is 1. The van der Waals surface area contributed by atoms with E-state index < -0.39 is 5.82 Å². The van der Waals surface area contributed by atoms with E-state index in [-0.39, 0.29) is 10.6 Å². The van der Waals surface area contributed by atoms with Crippen molar-refractivity contribution in [2.45, 2.75) is 18.8 Å². The normalized spacial score (nSPS) is 15.2. The summed E-state index contributed by atoms with van der Waals surface area (Å²) < 4.78 is 14.8. The lowest BCUT2D eigenvalue weighted by molar-refractivity contribution is 0.627. The second kappa shape index (κ2) is 3.74. The highest BCUT2D eigenvalue weighted by molar-refractivity contribution is 6.30. The molecule has 3 nitrogen and oxygen atoms in total. The van der Waals surface area contributed by atoms with Gasteiger partial charge < -0.3 is 0 Å². The molecule has 2 aromatic rings. The lowest BCUT2D eigenvalue weighted by Crippen LogP contribution is -2.05. The fourth-order valence-electron chi connectivity index (χ4n) is 1.92. The number of nitrogens with zero attached hydrogens (tertiary/aromatic N) is 1. The number of benzene rings is 1. The molecule has 17 heavy (non-hydrogen) atoms. The maximum absolute atomic E-state index is 13.1. The highest BCUT2D eigenvalue weighted by Crippen LogP contribution is 2.40. The fourth-order valence-corrected chi connectivity index (χ4v) is 2.10. The zero-order chi connectivity index (χ0) is 12.0. The summed E-state index contributed by atoms with van der Waals surface area (Å²) in [5, 5.41) is 2.76. The van der Waals surface area contributed by atoms with Crippen molar-refractivity contribution in [1.82, 2.24) is 9.78 Å². The van der Waals surface area contributed by atoms with Crippen molar-refractivity contribution in [3.05, 3.63) is 51.2 Å². The summed E-state index contributed by atoms with van der Waals surface area (Å²) in [4.78, 5) is 11.4. The van der Waals surface area contributed by atoms with Gasteiger partial charge in [0.25, 0.3) is 5.56 Å². The van der Waals surface area contributed by atoms with Crippen LogP contribution in [0.5, 0.6) is 0 Å². The van der Waals surface area contributed by atoms with Crippen LogP contribution in [0.2, 0.25) is 5.02 Å². The standard InChI is InChI=1S/C12H10ClFN2O/c13-9-5-8(3-4-10(9)14)16-11(7-1-2-7)6-12(17)15-16/h3-7H,1-2H2,(H,15,17). The van der Waals surface area contributed by atoms with Gasteiger partial charge in [0.2, 0.25) is 0 Å². The summed E-state index contributed by atoms with van der Waals surface area (Å²) in [5.41, 5.74) is 1.48. The summed E-state index contributed by atoms with van der Waals surface area (Å²) >= 11 is 5.74. The Morgan fingerprint density at radius 3 is 2.76 bits per heavy atom. The van der Waals surface area contributed by atoms with E-state index >= 15 is 0 Å². The van der Waals surface area contributed by atoms with Crippen molar-refractivity contribution in [2.75, 3.05) is 0 Å². The maximum Gasteiger partial charge on any atom is 0.264 e. The zero-order valence-corrected chi connectivity index (χ0v) is 9.67. The van der Waals surface area contributed by atoms with Crippen LogP contribution in [0.15, 0.2) is 29.1 Å². The van der Waals surface area contributed by atoms with Crippen LogP contribution < -0.4 is 5.56 Å². The molecule has 0 saturated heterocycles. The third-order valence-electron chi connectivity index (χ3n) is 2.92. The molecule has 1 N–H and O–H groups in total. The third kappa shape index (κ3) is 1.89. The quantitative estimate of drug-likeness (QED) is 0.877. The number of nitrogens with one attached hydrogen (secondary N) is 1. The number of rotatable bonds is 2. The minimum absolute atomic E-state index is 0.0544. The SMILES string of the molecule is O=c1cc(C2CC2)n(-c2ccc(F)c(Cl)c2)[nH]1. The Bertz CT molecular complexity index is 628. The van der Waals surface area contributed by atoms with Gasteiger partial charge in [0.15, 0.2) is 0 Å². The van der Waals surface area contributed by atoms with E-state index in [1.54, 1.807) is 16.8 Å². The predicted molar refractivity (Wildman–Crippen MR) is 63.3 cm³/mol. The number of H-pyrrole nitrogens is 1. The molecule has 1 aliphatic carbocycles. The highest BCUT2D eigenvalue weighted by atomic mass is 35.5. The zero-order valence-electron chi connectivity index (χ0n) is 8.91. The third-order valence-corrected chi connectivity index (χ3v) is 3.21. The molecule has 1 heterocycles. The van der Waals surface area contributed by atoms with Crippen molar-refractivity contribution in [2.24, 2.45) is 0 Å². The Balaban J connectivity index is 2.13. The van der Waals surface area contributed by atoms with Gasteiger partial charge in [-0.25, -0.2) is 4.39 Å². The topological polar surface area (TPSA) is 37.8 Å². The average Bonchev–Trinajstić information content (AvgIpc) is 3.06. The minimum atomic E-state index is -0.460. The van der Waals surface area contributed by atoms with Crippen molar-refractivity contribution < 1.29 is 4.39 Å². The van der Waals surface area contributed by atoms with E-state index in [0.717, 1.165) is 18.5 Å². The van der Waals surface area contributed by atoms with Gasteiger partial charge in [0.05, 0.1) is 10.7 Å². The predicted octanol–water partition coefficient (Wildman–Crippen LogP) is 2.84. The number of hydrogen-bond donors (Lipinski definition) is 1. The first kappa shape index (κ1) is 10.6. The van der Waals surface area contributed by atoms with Gasteiger partial charge in [-0.3, -0.25) is 14.6 Å². The summed E-state index contributed by atoms with van der Waals surface area (Å²) in [6.45, 7) is 0. The summed E-state index contributed by atoms with van der Waals surface area (Å²) in [6.07, 6.45) is 2.18. The van der Waals surface area contributed by atoms with Crippen molar-refractivity contribution >= 4 is 11.6 Å². The van der Waals surface area contributed by atoms with E-state index in [1.165, 1.54) is 12.1 Å². The van der Waals surface area contributed by atoms with Crippen LogP contribution in [0, 0.1) is 5.82 Å². The molecule has 0 radical (unpaired) electrons. The van der Waals surface area contributed by atoms with Crippen LogP contribution in [-0.2, 0) is 0 Å². The van der Waals surface area contributed by atoms with Gasteiger partial charge in [0, 0.05) is 17.7 Å². The molecule has 1 aliphatic rings. The molecule has 1 aromatic carbocycles. The molecule has 3 rings (SSSR count). The first-order valence-electron chi connectivity index (χ1n) is 5.42. The number of aromatic nitrogens is 2. The average molecular weight is 253 g/mol. The van der Waals surface area contributed by atoms with E-state index in [4.69, 9.17) is 11.6 Å². The van der Waals surface area contributed by atoms with Gasteiger partial charge in [-0.15, -0.1) is 0 Å². The summed E-state index contributed by atoms with van der Waals surface area (Å²) in [5.74, 6) is -0.0318. The number of halogens is 2. The van der Waals surface area contributed by atoms with Crippen molar-refractivity contribution in [3.63, 3.8) is 0 Å². The minimum Gasteiger partial charge on any atom is -0.268 e. The Morgan fingerprint density at radius 2 is 2.12 bits per heavy atom. The highest BCUT2D eigenvalue weighted by Gasteiger charge is 2.28. The largest absolute Gasteiger partial charge is 0.268 e. The second-order valence-electron chi connectivity index (χ2n) is 4.25. The van der Waals surface area contributed by atoms with Crippen molar-refractivity contribution in [1.29, 1.82) is 0 Å². The van der Waals surface area contributed by atoms with Gasteiger partial charge >= 0.3 is 0 Å². The van der Waals surface area contributed by atoms with Crippen LogP contribution in [0.25, 0.3) is 5.69 Å². The molecule has 88 valence electrons. The number of hydrogen-bond acceptors (Lipinski definition) is 1. The lowest BCUT2D eigenvalue weighted by Gasteiger charge is -2.08. The van der Waals surface area contributed by atoms with E-state index in [0.29, 0.717) is 11.6 Å². The maximum atomic E-state index is 13.1. The van der Waals surface area contributed by atoms with Crippen LogP contribution in [0.4, 0.5) is 4.39 Å². The lowest BCUT2D eigenvalue weighted by atomic mass is 10.2. The van der Waals surface area contributed by atoms with Crippen LogP contribution in [0.1, 0.15) is 24.5 Å². The van der Waals surface area contributed by atoms with E-state index in [1.807, 2.05) is 0 Å². The Hall–Kier alpha value is -1.55. The molecule has 1 saturated carbocycles. The molecule has 0 unspecified atom stereocenters. The first-order valence-corrected chi connectivity index (χ1v) is 5.80. The molecule has 0 amide bonds. The Morgan fingerprint density at radius 1 is 1.35 bits per heavy atom. The monoisotopic (exact) mass is 252 g/mol. The Kier molecular flexibility index (Phi) is 2.33. The van der Waals surface area contributed by atoms with E-state index in [9.17, 15) is 9.18 Å². The smallest absolute Gasteiger partial charge is 0.264 e. The molecule has 1 aromatic heterocycles. The second-order valence-corrected chi connectivity index (χ2v) is 4.66. The van der Waals surface area contributed by atoms with Crippen LogP contribution >= 0.6 is 11.6 Å². The molecule has 0 bridgehead atoms. The van der Waals surface area contributed by atoms with E-state index in [2.05, 4.69) is 5.10 Å². The molecule has 1 fully saturated rings. The first-order chi connectivity index (χ1) is 8.15.